The fraction of sp³-hybridized carbons (Fsp3) is 0.654. The molecule has 1 aromatic carbocycles. The molecular formula is C26H42N4O6. The lowest BCUT2D eigenvalue weighted by Crippen LogP contribution is -2.65. The molecule has 1 aliphatic heterocycles. The van der Waals surface area contributed by atoms with Gasteiger partial charge in [-0.05, 0) is 23.3 Å². The van der Waals surface area contributed by atoms with Crippen LogP contribution >= 0.6 is 0 Å². The molecule has 0 saturated carbocycles. The van der Waals surface area contributed by atoms with E-state index in [2.05, 4.69) is 29.4 Å². The Hall–Kier alpha value is -2.85. The van der Waals surface area contributed by atoms with Crippen LogP contribution < -0.4 is 10.6 Å². The Morgan fingerprint density at radius 3 is 2.17 bits per heavy atom. The van der Waals surface area contributed by atoms with Crippen molar-refractivity contribution in [1.82, 2.24) is 20.4 Å². The number of carbonyl (C=O) groups excluding carboxylic acids is 2. The lowest BCUT2D eigenvalue weighted by molar-refractivity contribution is -0.136. The van der Waals surface area contributed by atoms with E-state index in [0.717, 1.165) is 5.56 Å². The second-order valence-corrected chi connectivity index (χ2v) is 10.9. The van der Waals surface area contributed by atoms with Gasteiger partial charge >= 0.3 is 12.2 Å². The average molecular weight is 507 g/mol. The third-order valence-corrected chi connectivity index (χ3v) is 6.70. The Bertz CT molecular complexity index is 865. The molecule has 0 radical (unpaired) electrons. The second-order valence-electron chi connectivity index (χ2n) is 10.9. The summed E-state index contributed by atoms with van der Waals surface area (Å²) in [5.41, 5.74) is -0.164. The van der Waals surface area contributed by atoms with E-state index in [9.17, 15) is 24.6 Å². The largest absolute Gasteiger partial charge is 0.465 e. The molecule has 3 amide bonds. The number of amides is 3. The van der Waals surface area contributed by atoms with Gasteiger partial charge in [0.25, 0.3) is 0 Å². The molecule has 0 unspecified atom stereocenters. The van der Waals surface area contributed by atoms with Crippen LogP contribution in [-0.4, -0.2) is 89.0 Å². The van der Waals surface area contributed by atoms with Crippen molar-refractivity contribution in [2.24, 2.45) is 11.3 Å². The highest BCUT2D eigenvalue weighted by Gasteiger charge is 2.45. The van der Waals surface area contributed by atoms with Crippen molar-refractivity contribution in [3.63, 3.8) is 0 Å². The first-order chi connectivity index (χ1) is 16.9. The number of ether oxygens (including phenoxy) is 1. The van der Waals surface area contributed by atoms with E-state index in [1.54, 1.807) is 4.90 Å². The second kappa shape index (κ2) is 12.9. The molecule has 0 aliphatic carbocycles. The van der Waals surface area contributed by atoms with Crippen LogP contribution in [0.2, 0.25) is 0 Å². The first kappa shape index (κ1) is 29.4. The van der Waals surface area contributed by atoms with Gasteiger partial charge in [0, 0.05) is 32.7 Å². The zero-order chi connectivity index (χ0) is 26.9. The Morgan fingerprint density at radius 2 is 1.67 bits per heavy atom. The molecule has 2 rings (SSSR count). The number of benzene rings is 1. The molecule has 1 aromatic rings. The molecule has 4 N–H and O–H groups in total. The number of aliphatic hydroxyl groups excluding tert-OH is 1. The van der Waals surface area contributed by atoms with Crippen molar-refractivity contribution >= 4 is 18.1 Å². The maximum atomic E-state index is 13.0. The number of rotatable bonds is 10. The normalized spacial score (nSPS) is 17.2. The van der Waals surface area contributed by atoms with Crippen molar-refractivity contribution in [3.8, 4) is 0 Å². The minimum absolute atomic E-state index is 0.0635. The Kier molecular flexibility index (Phi) is 10.5. The molecule has 1 fully saturated rings. The molecule has 2 atom stereocenters. The predicted molar refractivity (Wildman–Crippen MR) is 136 cm³/mol. The van der Waals surface area contributed by atoms with Gasteiger partial charge in [-0.1, -0.05) is 65.0 Å². The standard InChI is InChI=1S/C26H42N4O6/c1-19(2)15-26(25(3,4)5,28-23(33)34)18-29-11-13-30(14-12-29)22(32)21(16-31)27-24(35)36-17-20-9-7-6-8-10-20/h6-10,19,21,28,31H,11-18H2,1-5H3,(H,27,35)(H,33,34)/t21-,26+/m0/s1. The first-order valence-corrected chi connectivity index (χ1v) is 12.5. The number of nitrogens with zero attached hydrogens (tertiary/aromatic N) is 2. The van der Waals surface area contributed by atoms with Crippen molar-refractivity contribution in [1.29, 1.82) is 0 Å². The fourth-order valence-corrected chi connectivity index (χ4v) is 4.61. The van der Waals surface area contributed by atoms with Crippen LogP contribution in [0.5, 0.6) is 0 Å². The summed E-state index contributed by atoms with van der Waals surface area (Å²) < 4.78 is 5.17. The highest BCUT2D eigenvalue weighted by atomic mass is 16.5. The molecule has 1 aliphatic rings. The summed E-state index contributed by atoms with van der Waals surface area (Å²) in [6.07, 6.45) is -1.13. The lowest BCUT2D eigenvalue weighted by Gasteiger charge is -2.49. The number of hydrogen-bond acceptors (Lipinski definition) is 6. The molecule has 10 nitrogen and oxygen atoms in total. The molecular weight excluding hydrogens is 464 g/mol. The van der Waals surface area contributed by atoms with Crippen LogP contribution in [0.15, 0.2) is 30.3 Å². The monoisotopic (exact) mass is 506 g/mol. The number of carboxylic acid groups (broad SMARTS) is 1. The Labute approximate surface area is 214 Å². The Balaban J connectivity index is 1.95. The van der Waals surface area contributed by atoms with Crippen LogP contribution in [-0.2, 0) is 16.1 Å². The smallest absolute Gasteiger partial charge is 0.408 e. The van der Waals surface area contributed by atoms with Crippen LogP contribution in [0.3, 0.4) is 0 Å². The summed E-state index contributed by atoms with van der Waals surface area (Å²) in [5, 5.41) is 24.6. The zero-order valence-corrected chi connectivity index (χ0v) is 22.1. The topological polar surface area (TPSA) is 131 Å². The molecule has 0 aromatic heterocycles. The van der Waals surface area contributed by atoms with E-state index < -0.39 is 30.4 Å². The van der Waals surface area contributed by atoms with Crippen LogP contribution in [0, 0.1) is 11.3 Å². The number of aliphatic hydroxyl groups is 1. The van der Waals surface area contributed by atoms with E-state index in [1.807, 2.05) is 51.1 Å². The van der Waals surface area contributed by atoms with E-state index in [1.165, 1.54) is 0 Å². The van der Waals surface area contributed by atoms with Gasteiger partial charge in [0.1, 0.15) is 12.6 Å². The van der Waals surface area contributed by atoms with Gasteiger partial charge < -0.3 is 30.5 Å². The summed E-state index contributed by atoms with van der Waals surface area (Å²) in [6.45, 7) is 12.3. The van der Waals surface area contributed by atoms with Gasteiger partial charge in [-0.25, -0.2) is 9.59 Å². The summed E-state index contributed by atoms with van der Waals surface area (Å²) >= 11 is 0. The van der Waals surface area contributed by atoms with Gasteiger partial charge in [0.05, 0.1) is 12.1 Å². The van der Waals surface area contributed by atoms with Crippen molar-refractivity contribution < 1.29 is 29.3 Å². The quantitative estimate of drug-likeness (QED) is 0.383. The Morgan fingerprint density at radius 1 is 1.06 bits per heavy atom. The SMILES string of the molecule is CC(C)C[C@](CN1CCN(C(=O)[C@H](CO)NC(=O)OCc2ccccc2)CC1)(NC(=O)O)C(C)(C)C. The number of nitrogens with one attached hydrogen (secondary N) is 2. The minimum Gasteiger partial charge on any atom is -0.465 e. The predicted octanol–water partition coefficient (Wildman–Crippen LogP) is 2.52. The fourth-order valence-electron chi connectivity index (χ4n) is 4.61. The van der Waals surface area contributed by atoms with Gasteiger partial charge in [-0.3, -0.25) is 9.69 Å². The maximum absolute atomic E-state index is 13.0. The van der Waals surface area contributed by atoms with Gasteiger partial charge in [-0.2, -0.15) is 0 Å². The average Bonchev–Trinajstić information content (AvgIpc) is 2.80. The molecule has 1 heterocycles. The summed E-state index contributed by atoms with van der Waals surface area (Å²) in [4.78, 5) is 40.6. The van der Waals surface area contributed by atoms with Crippen molar-refractivity contribution in [2.75, 3.05) is 39.3 Å². The summed E-state index contributed by atoms with van der Waals surface area (Å²) in [5.74, 6) is -0.0845. The lowest BCUT2D eigenvalue weighted by atomic mass is 9.69. The highest BCUT2D eigenvalue weighted by Crippen LogP contribution is 2.37. The molecule has 36 heavy (non-hydrogen) atoms. The third kappa shape index (κ3) is 8.37. The van der Waals surface area contributed by atoms with E-state index >= 15 is 0 Å². The number of alkyl carbamates (subject to hydrolysis) is 1. The van der Waals surface area contributed by atoms with E-state index in [4.69, 9.17) is 4.74 Å². The number of piperazine rings is 1. The molecule has 10 heteroatoms. The van der Waals surface area contributed by atoms with Gasteiger partial charge in [0.2, 0.25) is 5.91 Å². The zero-order valence-electron chi connectivity index (χ0n) is 22.1. The van der Waals surface area contributed by atoms with Gasteiger partial charge in [-0.15, -0.1) is 0 Å². The molecule has 1 saturated heterocycles. The molecule has 0 spiro atoms. The molecule has 202 valence electrons. The highest BCUT2D eigenvalue weighted by molar-refractivity contribution is 5.86. The first-order valence-electron chi connectivity index (χ1n) is 12.5. The van der Waals surface area contributed by atoms with E-state index in [-0.39, 0.29) is 23.8 Å². The minimum atomic E-state index is -1.09. The molecule has 0 bridgehead atoms. The number of carbonyl (C=O) groups is 3. The summed E-state index contributed by atoms with van der Waals surface area (Å²) in [6, 6.07) is 8.08. The van der Waals surface area contributed by atoms with Crippen LogP contribution in [0.1, 0.15) is 46.6 Å². The van der Waals surface area contributed by atoms with Crippen LogP contribution in [0.25, 0.3) is 0 Å². The summed E-state index contributed by atoms with van der Waals surface area (Å²) in [7, 11) is 0. The van der Waals surface area contributed by atoms with E-state index in [0.29, 0.717) is 39.1 Å². The van der Waals surface area contributed by atoms with Crippen LogP contribution in [0.4, 0.5) is 9.59 Å². The van der Waals surface area contributed by atoms with Crippen molar-refractivity contribution in [2.45, 2.75) is 59.2 Å². The maximum Gasteiger partial charge on any atom is 0.408 e. The van der Waals surface area contributed by atoms with Gasteiger partial charge in [0.15, 0.2) is 0 Å². The third-order valence-electron chi connectivity index (χ3n) is 6.70. The van der Waals surface area contributed by atoms with Crippen molar-refractivity contribution in [3.05, 3.63) is 35.9 Å². The number of hydrogen-bond donors (Lipinski definition) is 4.